The molecule has 2 amide bonds. The van der Waals surface area contributed by atoms with Crippen LogP contribution in [0.15, 0.2) is 108 Å². The van der Waals surface area contributed by atoms with Crippen LogP contribution in [0.3, 0.4) is 0 Å². The van der Waals surface area contributed by atoms with E-state index in [1.807, 2.05) is 82.3 Å². The van der Waals surface area contributed by atoms with Crippen molar-refractivity contribution in [3.8, 4) is 5.75 Å². The zero-order valence-corrected chi connectivity index (χ0v) is 28.2. The Bertz CT molecular complexity index is 1750. The van der Waals surface area contributed by atoms with Crippen molar-refractivity contribution in [1.29, 1.82) is 0 Å². The van der Waals surface area contributed by atoms with E-state index in [0.29, 0.717) is 17.0 Å². The zero-order valence-electron chi connectivity index (χ0n) is 27.4. The number of rotatable bonds is 12. The summed E-state index contributed by atoms with van der Waals surface area (Å²) in [7, 11) is -2.61. The number of para-hydroxylation sites is 1. The number of nitrogens with one attached hydrogen (secondary N) is 1. The maximum atomic E-state index is 14.6. The number of aryl methyl sites for hydroxylation is 2. The van der Waals surface area contributed by atoms with Crippen molar-refractivity contribution in [2.45, 2.75) is 64.1 Å². The van der Waals surface area contributed by atoms with Gasteiger partial charge in [-0.1, -0.05) is 78.4 Å². The summed E-state index contributed by atoms with van der Waals surface area (Å²) in [6.45, 7) is 8.87. The van der Waals surface area contributed by atoms with Gasteiger partial charge >= 0.3 is 0 Å². The molecular weight excluding hydrogens is 598 g/mol. The third kappa shape index (κ3) is 8.75. The molecule has 1 N–H and O–H groups in total. The maximum absolute atomic E-state index is 14.6. The first-order valence-electron chi connectivity index (χ1n) is 15.2. The lowest BCUT2D eigenvalue weighted by Crippen LogP contribution is -2.56. The third-order valence-electron chi connectivity index (χ3n) is 7.53. The predicted molar refractivity (Wildman–Crippen MR) is 182 cm³/mol. The van der Waals surface area contributed by atoms with Gasteiger partial charge in [0.1, 0.15) is 18.3 Å². The first-order valence-corrected chi connectivity index (χ1v) is 16.7. The number of nitrogens with zero attached hydrogens (tertiary/aromatic N) is 2. The monoisotopic (exact) mass is 641 g/mol. The normalized spacial score (nSPS) is 12.2. The van der Waals surface area contributed by atoms with E-state index in [1.165, 1.54) is 4.90 Å². The van der Waals surface area contributed by atoms with Crippen LogP contribution in [0.1, 0.15) is 43.0 Å². The quantitative estimate of drug-likeness (QED) is 0.203. The van der Waals surface area contributed by atoms with Crippen molar-refractivity contribution in [3.63, 3.8) is 0 Å². The van der Waals surface area contributed by atoms with Gasteiger partial charge in [0.2, 0.25) is 11.8 Å². The Morgan fingerprint density at radius 3 is 2.09 bits per heavy atom. The van der Waals surface area contributed by atoms with Crippen LogP contribution in [0.4, 0.5) is 5.69 Å². The Balaban J connectivity index is 1.84. The van der Waals surface area contributed by atoms with Crippen molar-refractivity contribution < 1.29 is 22.7 Å². The SMILES string of the molecule is COc1cccc(CN(C(=O)CN(c2ccccc2C)S(=O)(=O)c2ccc(C)cc2)[C@@H](Cc2ccccc2)C(=O)NC(C)(C)C)c1. The minimum Gasteiger partial charge on any atom is -0.497 e. The zero-order chi connectivity index (χ0) is 33.5. The summed E-state index contributed by atoms with van der Waals surface area (Å²) in [6, 6.07) is 29.4. The van der Waals surface area contributed by atoms with Crippen molar-refractivity contribution in [2.75, 3.05) is 18.0 Å². The molecule has 0 aromatic heterocycles. The first-order chi connectivity index (χ1) is 21.8. The van der Waals surface area contributed by atoms with Crippen LogP contribution < -0.4 is 14.4 Å². The molecule has 8 nitrogen and oxygen atoms in total. The second-order valence-electron chi connectivity index (χ2n) is 12.4. The van der Waals surface area contributed by atoms with Gasteiger partial charge in [0.15, 0.2) is 0 Å². The second kappa shape index (κ2) is 14.6. The predicted octanol–water partition coefficient (Wildman–Crippen LogP) is 6.06. The van der Waals surface area contributed by atoms with Gasteiger partial charge in [-0.25, -0.2) is 8.42 Å². The van der Waals surface area contributed by atoms with Crippen LogP contribution in [0.5, 0.6) is 5.75 Å². The summed E-state index contributed by atoms with van der Waals surface area (Å²) in [5, 5.41) is 3.05. The Hall–Kier alpha value is -4.63. The molecule has 0 aliphatic carbocycles. The van der Waals surface area contributed by atoms with E-state index in [1.54, 1.807) is 62.6 Å². The Morgan fingerprint density at radius 2 is 1.46 bits per heavy atom. The molecule has 0 heterocycles. The number of hydrogen-bond acceptors (Lipinski definition) is 5. The summed E-state index contributed by atoms with van der Waals surface area (Å²) in [4.78, 5) is 30.2. The Kier molecular flexibility index (Phi) is 10.9. The highest BCUT2D eigenvalue weighted by atomic mass is 32.2. The molecule has 4 aromatic rings. The van der Waals surface area contributed by atoms with Gasteiger partial charge in [0.25, 0.3) is 10.0 Å². The number of carbonyl (C=O) groups excluding carboxylic acids is 2. The highest BCUT2D eigenvalue weighted by Gasteiger charge is 2.36. The molecule has 9 heteroatoms. The van der Waals surface area contributed by atoms with Crippen LogP contribution in [0, 0.1) is 13.8 Å². The van der Waals surface area contributed by atoms with Crippen molar-refractivity contribution in [2.24, 2.45) is 0 Å². The molecule has 0 aliphatic rings. The van der Waals surface area contributed by atoms with Gasteiger partial charge in [-0.2, -0.15) is 0 Å². The van der Waals surface area contributed by atoms with E-state index in [0.717, 1.165) is 21.0 Å². The molecular formula is C37H43N3O5S. The lowest BCUT2D eigenvalue weighted by Gasteiger charge is -2.35. The molecule has 0 saturated heterocycles. The van der Waals surface area contributed by atoms with Gasteiger partial charge in [-0.3, -0.25) is 13.9 Å². The van der Waals surface area contributed by atoms with Gasteiger partial charge in [0.05, 0.1) is 17.7 Å². The molecule has 0 radical (unpaired) electrons. The minimum atomic E-state index is -4.17. The van der Waals surface area contributed by atoms with Crippen LogP contribution in [0.25, 0.3) is 0 Å². The second-order valence-corrected chi connectivity index (χ2v) is 14.3. The van der Waals surface area contributed by atoms with Crippen LogP contribution in [0.2, 0.25) is 0 Å². The number of methoxy groups -OCH3 is 1. The van der Waals surface area contributed by atoms with Gasteiger partial charge in [0, 0.05) is 18.5 Å². The summed E-state index contributed by atoms with van der Waals surface area (Å²) >= 11 is 0. The smallest absolute Gasteiger partial charge is 0.264 e. The molecule has 0 spiro atoms. The molecule has 4 aromatic carbocycles. The van der Waals surface area contributed by atoms with E-state index in [-0.39, 0.29) is 23.8 Å². The average Bonchev–Trinajstić information content (AvgIpc) is 3.01. The van der Waals surface area contributed by atoms with Crippen molar-refractivity contribution in [1.82, 2.24) is 10.2 Å². The average molecular weight is 642 g/mol. The van der Waals surface area contributed by atoms with E-state index in [9.17, 15) is 18.0 Å². The number of hydrogen-bond donors (Lipinski definition) is 1. The number of benzene rings is 4. The molecule has 0 aliphatic heterocycles. The summed E-state index contributed by atoms with van der Waals surface area (Å²) in [6.07, 6.45) is 0.230. The lowest BCUT2D eigenvalue weighted by molar-refractivity contribution is -0.140. The summed E-state index contributed by atoms with van der Waals surface area (Å²) < 4.78 is 35.1. The minimum absolute atomic E-state index is 0.0529. The number of anilines is 1. The van der Waals surface area contributed by atoms with E-state index in [2.05, 4.69) is 5.32 Å². The van der Waals surface area contributed by atoms with Crippen molar-refractivity contribution in [3.05, 3.63) is 125 Å². The number of carbonyl (C=O) groups is 2. The highest BCUT2D eigenvalue weighted by molar-refractivity contribution is 7.92. The molecule has 1 atom stereocenters. The topological polar surface area (TPSA) is 96.0 Å². The van der Waals surface area contributed by atoms with Crippen LogP contribution in [-0.2, 0) is 32.6 Å². The lowest BCUT2D eigenvalue weighted by atomic mass is 10.0. The third-order valence-corrected chi connectivity index (χ3v) is 9.30. The first kappa shape index (κ1) is 34.2. The highest BCUT2D eigenvalue weighted by Crippen LogP contribution is 2.28. The number of ether oxygens (including phenoxy) is 1. The molecule has 0 unspecified atom stereocenters. The van der Waals surface area contributed by atoms with Gasteiger partial charge in [-0.05, 0) is 81.6 Å². The van der Waals surface area contributed by atoms with E-state index >= 15 is 0 Å². The maximum Gasteiger partial charge on any atom is 0.264 e. The molecule has 0 bridgehead atoms. The fourth-order valence-corrected chi connectivity index (χ4v) is 6.65. The number of amides is 2. The fraction of sp³-hybridized carbons (Fsp3) is 0.297. The number of sulfonamides is 1. The Morgan fingerprint density at radius 1 is 0.826 bits per heavy atom. The molecule has 4 rings (SSSR count). The van der Waals surface area contributed by atoms with Gasteiger partial charge in [-0.15, -0.1) is 0 Å². The summed E-state index contributed by atoms with van der Waals surface area (Å²) in [5.74, 6) is -0.254. The summed E-state index contributed by atoms with van der Waals surface area (Å²) in [5.41, 5.74) is 3.02. The molecule has 242 valence electrons. The van der Waals surface area contributed by atoms with Crippen molar-refractivity contribution >= 4 is 27.5 Å². The largest absolute Gasteiger partial charge is 0.497 e. The van der Waals surface area contributed by atoms with Gasteiger partial charge < -0.3 is 15.0 Å². The van der Waals surface area contributed by atoms with E-state index in [4.69, 9.17) is 4.74 Å². The molecule has 0 fully saturated rings. The van der Waals surface area contributed by atoms with Crippen LogP contribution >= 0.6 is 0 Å². The fourth-order valence-electron chi connectivity index (χ4n) is 5.17. The molecule has 46 heavy (non-hydrogen) atoms. The van der Waals surface area contributed by atoms with E-state index < -0.39 is 34.1 Å². The standard InChI is InChI=1S/C37H43N3O5S/c1-27-19-21-32(22-20-27)46(43,44)40(33-18-11-10-13-28(33)2)26-35(41)39(25-30-16-12-17-31(23-30)45-6)34(36(42)38-37(3,4)5)24-29-14-8-7-9-15-29/h7-23,34H,24-26H2,1-6H3,(H,38,42)/t34-/m0/s1. The Labute approximate surface area is 273 Å². The molecule has 0 saturated carbocycles. The van der Waals surface area contributed by atoms with Crippen LogP contribution in [-0.4, -0.2) is 50.4 Å².